The molecule has 0 amide bonds. The lowest BCUT2D eigenvalue weighted by Gasteiger charge is -2.29. The average molecular weight is 574 g/mol. The van der Waals surface area contributed by atoms with Crippen molar-refractivity contribution in [3.8, 4) is 5.75 Å². The Kier molecular flexibility index (Phi) is 12.0. The monoisotopic (exact) mass is 573 g/mol. The van der Waals surface area contributed by atoms with Crippen LogP contribution >= 0.6 is 19.3 Å². The molecule has 0 saturated carbocycles. The van der Waals surface area contributed by atoms with Gasteiger partial charge in [0.15, 0.2) is 0 Å². The number of aromatic nitrogens is 2. The van der Waals surface area contributed by atoms with E-state index in [2.05, 4.69) is 20.1 Å². The van der Waals surface area contributed by atoms with E-state index in [1.807, 2.05) is 0 Å². The van der Waals surface area contributed by atoms with Crippen LogP contribution in [0.5, 0.6) is 5.75 Å². The zero-order valence-electron chi connectivity index (χ0n) is 20.8. The number of rotatable bonds is 15. The number of benzene rings is 1. The van der Waals surface area contributed by atoms with Crippen LogP contribution in [0, 0.1) is 0 Å². The average Bonchev–Trinajstić information content (AvgIpc) is 2.85. The van der Waals surface area contributed by atoms with Gasteiger partial charge >= 0.3 is 19.4 Å². The summed E-state index contributed by atoms with van der Waals surface area (Å²) < 4.78 is 36.5. The molecule has 1 aromatic carbocycles. The fraction of sp³-hybridized carbons (Fsp3) is 0.476. The Bertz CT molecular complexity index is 1220. The maximum absolute atomic E-state index is 13.7. The molecule has 2 aromatic rings. The number of anilines is 1. The number of azide groups is 1. The summed E-state index contributed by atoms with van der Waals surface area (Å²) in [7, 11) is -4.30. The number of nitrogens with zero attached hydrogens (tertiary/aromatic N) is 5. The zero-order chi connectivity index (χ0) is 28.3. The van der Waals surface area contributed by atoms with E-state index >= 15 is 0 Å². The number of carbonyl (C=O) groups excluding carboxylic acids is 1. The van der Waals surface area contributed by atoms with Crippen LogP contribution in [-0.2, 0) is 23.4 Å². The van der Waals surface area contributed by atoms with E-state index in [0.29, 0.717) is 5.02 Å². The molecule has 0 aliphatic carbocycles. The van der Waals surface area contributed by atoms with Gasteiger partial charge in [-0.05, 0) is 56.6 Å². The second kappa shape index (κ2) is 14.7. The predicted molar refractivity (Wildman–Crippen MR) is 137 cm³/mol. The van der Waals surface area contributed by atoms with Gasteiger partial charge in [0.05, 0.1) is 25.9 Å². The zero-order valence-corrected chi connectivity index (χ0v) is 22.5. The Morgan fingerprint density at radius 2 is 2.03 bits per heavy atom. The second-order valence-corrected chi connectivity index (χ2v) is 9.90. The molecule has 0 bridgehead atoms. The number of hydrogen-bond acceptors (Lipinski definition) is 11. The number of esters is 1. The predicted octanol–water partition coefficient (Wildman–Crippen LogP) is 2.80. The van der Waals surface area contributed by atoms with Crippen molar-refractivity contribution in [1.82, 2.24) is 14.6 Å². The molecule has 0 aliphatic heterocycles. The van der Waals surface area contributed by atoms with Crippen molar-refractivity contribution in [3.05, 3.63) is 62.5 Å². The molecular weight excluding hydrogens is 545 g/mol. The number of aliphatic hydroxyl groups is 1. The topological polar surface area (TPSA) is 213 Å². The van der Waals surface area contributed by atoms with Crippen molar-refractivity contribution < 1.29 is 33.0 Å². The molecule has 2 rings (SSSR count). The van der Waals surface area contributed by atoms with Crippen LogP contribution < -0.4 is 21.0 Å². The van der Waals surface area contributed by atoms with Crippen LogP contribution in [0.4, 0.5) is 5.82 Å². The van der Waals surface area contributed by atoms with Crippen molar-refractivity contribution in [2.45, 2.75) is 45.2 Å². The molecule has 0 spiro atoms. The smallest absolute Gasteiger partial charge is 0.459 e. The number of halogens is 1. The van der Waals surface area contributed by atoms with E-state index in [9.17, 15) is 19.3 Å². The van der Waals surface area contributed by atoms with Crippen LogP contribution in [-0.4, -0.2) is 58.6 Å². The van der Waals surface area contributed by atoms with Crippen molar-refractivity contribution in [2.24, 2.45) is 5.11 Å². The highest BCUT2D eigenvalue weighted by molar-refractivity contribution is 7.52. The fourth-order valence-corrected chi connectivity index (χ4v) is 4.52. The van der Waals surface area contributed by atoms with Gasteiger partial charge in [-0.15, -0.1) is 0 Å². The lowest BCUT2D eigenvalue weighted by molar-refractivity contribution is -0.144. The molecule has 0 saturated heterocycles. The molecule has 208 valence electrons. The van der Waals surface area contributed by atoms with Crippen molar-refractivity contribution in [3.63, 3.8) is 0 Å². The first-order valence-corrected chi connectivity index (χ1v) is 13.2. The minimum Gasteiger partial charge on any atom is -0.465 e. The molecule has 1 aromatic heterocycles. The maximum Gasteiger partial charge on any atom is 0.459 e. The summed E-state index contributed by atoms with van der Waals surface area (Å²) in [5.74, 6) is -0.633. The second-order valence-electron chi connectivity index (χ2n) is 7.77. The summed E-state index contributed by atoms with van der Waals surface area (Å²) in [5, 5.41) is 16.7. The third-order valence-corrected chi connectivity index (χ3v) is 6.67. The van der Waals surface area contributed by atoms with Gasteiger partial charge in [0.1, 0.15) is 29.9 Å². The lowest BCUT2D eigenvalue weighted by atomic mass is 10.2. The summed E-state index contributed by atoms with van der Waals surface area (Å²) in [6, 6.07) is 6.10. The van der Waals surface area contributed by atoms with Gasteiger partial charge in [0, 0.05) is 16.1 Å². The Labute approximate surface area is 223 Å². The Balaban J connectivity index is 2.29. The molecule has 5 atom stereocenters. The maximum atomic E-state index is 13.7. The molecule has 17 heteroatoms. The third kappa shape index (κ3) is 9.62. The van der Waals surface area contributed by atoms with Crippen LogP contribution in [0.1, 0.15) is 27.0 Å². The van der Waals surface area contributed by atoms with Crippen molar-refractivity contribution >= 4 is 31.1 Å². The molecule has 4 N–H and O–H groups in total. The molecule has 2 unspecified atom stereocenters. The molecular formula is C21H29ClN7O8P. The Hall–Kier alpha value is -3.16. The Morgan fingerprint density at radius 3 is 2.61 bits per heavy atom. The van der Waals surface area contributed by atoms with Gasteiger partial charge < -0.3 is 24.8 Å². The first kappa shape index (κ1) is 31.1. The number of hydrogen-bond donors (Lipinski definition) is 3. The minimum absolute atomic E-state index is 0.0359. The first-order chi connectivity index (χ1) is 18.0. The molecule has 0 aliphatic rings. The van der Waals surface area contributed by atoms with E-state index in [-0.39, 0.29) is 24.7 Å². The number of nitrogens with one attached hydrogen (secondary N) is 1. The third-order valence-electron chi connectivity index (χ3n) is 4.77. The summed E-state index contributed by atoms with van der Waals surface area (Å²) in [4.78, 5) is 30.7. The van der Waals surface area contributed by atoms with Crippen molar-refractivity contribution in [1.29, 1.82) is 0 Å². The summed E-state index contributed by atoms with van der Waals surface area (Å²) in [6.45, 7) is 3.57. The van der Waals surface area contributed by atoms with Crippen LogP contribution in [0.2, 0.25) is 5.02 Å². The molecule has 0 fully saturated rings. The van der Waals surface area contributed by atoms with E-state index in [0.717, 1.165) is 4.57 Å². The fourth-order valence-electron chi connectivity index (χ4n) is 2.89. The highest BCUT2D eigenvalue weighted by Crippen LogP contribution is 2.45. The first-order valence-electron chi connectivity index (χ1n) is 11.3. The van der Waals surface area contributed by atoms with Gasteiger partial charge in [0.2, 0.25) is 0 Å². The van der Waals surface area contributed by atoms with Gasteiger partial charge in [-0.2, -0.15) is 10.1 Å². The summed E-state index contributed by atoms with van der Waals surface area (Å²) in [5.41, 5.74) is 13.5. The summed E-state index contributed by atoms with van der Waals surface area (Å²) >= 11 is 5.89. The number of nitrogen functional groups attached to an aromatic ring is 1. The number of nitrogens with two attached hydrogens (primary N) is 1. The van der Waals surface area contributed by atoms with E-state index in [4.69, 9.17) is 41.4 Å². The molecule has 38 heavy (non-hydrogen) atoms. The minimum atomic E-state index is -4.30. The number of carbonyl (C=O) groups is 1. The molecule has 15 nitrogen and oxygen atoms in total. The van der Waals surface area contributed by atoms with Crippen LogP contribution in [0.3, 0.4) is 0 Å². The largest absolute Gasteiger partial charge is 0.465 e. The van der Waals surface area contributed by atoms with E-state index < -0.39 is 50.5 Å². The Morgan fingerprint density at radius 1 is 1.34 bits per heavy atom. The van der Waals surface area contributed by atoms with E-state index in [1.54, 1.807) is 6.92 Å². The lowest BCUT2D eigenvalue weighted by Crippen LogP contribution is -2.39. The van der Waals surface area contributed by atoms with Gasteiger partial charge in [-0.25, -0.2) is 9.36 Å². The van der Waals surface area contributed by atoms with Crippen molar-refractivity contribution in [2.75, 3.05) is 25.5 Å². The standard InChI is InChI=1S/C21H29ClN7O8P/c1-4-34-20(31)13(2)27-38(33,37-16-7-5-15(22)6-8-16)35-12-17(14(3)30)36-19(11-25-28-24)29-10-9-18(23)26-21(29)32/h5-10,13-14,17,19,30H,4,11-12H2,1-3H3,(H,27,33)(H2,23,26,32)/t13-,14?,17+,19+,38?/m0/s1. The van der Waals surface area contributed by atoms with Gasteiger partial charge in [-0.3, -0.25) is 13.9 Å². The normalized spacial score (nSPS) is 15.8. The van der Waals surface area contributed by atoms with Crippen LogP contribution in [0.15, 0.2) is 46.4 Å². The summed E-state index contributed by atoms with van der Waals surface area (Å²) in [6.07, 6.45) is -2.40. The van der Waals surface area contributed by atoms with E-state index in [1.165, 1.54) is 50.4 Å². The number of aliphatic hydroxyl groups excluding tert-OH is 1. The molecule has 0 radical (unpaired) electrons. The highest BCUT2D eigenvalue weighted by atomic mass is 35.5. The van der Waals surface area contributed by atoms with Crippen LogP contribution in [0.25, 0.3) is 10.4 Å². The van der Waals surface area contributed by atoms with Gasteiger partial charge in [-0.1, -0.05) is 16.7 Å². The highest BCUT2D eigenvalue weighted by Gasteiger charge is 2.34. The molecule has 1 heterocycles. The SMILES string of the molecule is CCOC(=O)[C@H](C)NP(=O)(OC[C@@H](O[C@H](CN=[N+]=[N-])n1ccc(N)nc1=O)C(C)O)Oc1ccc(Cl)cc1. The van der Waals surface area contributed by atoms with Gasteiger partial charge in [0.25, 0.3) is 0 Å². The quantitative estimate of drug-likeness (QED) is 0.0925. The number of ether oxygens (including phenoxy) is 2.